The zero-order valence-electron chi connectivity index (χ0n) is 12.0. The molecule has 0 heterocycles. The van der Waals surface area contributed by atoms with Gasteiger partial charge in [0, 0.05) is 6.61 Å². The van der Waals surface area contributed by atoms with Gasteiger partial charge in [-0.25, -0.2) is 4.79 Å². The van der Waals surface area contributed by atoms with Crippen LogP contribution in [0.15, 0.2) is 18.2 Å². The van der Waals surface area contributed by atoms with Gasteiger partial charge in [0.15, 0.2) is 0 Å². The van der Waals surface area contributed by atoms with Crippen LogP contribution in [0.2, 0.25) is 0 Å². The van der Waals surface area contributed by atoms with Crippen molar-refractivity contribution in [1.82, 2.24) is 0 Å². The Balaban J connectivity index is 2.48. The Kier molecular flexibility index (Phi) is 7.04. The third-order valence-corrected chi connectivity index (χ3v) is 2.75. The van der Waals surface area contributed by atoms with E-state index in [9.17, 15) is 9.90 Å². The molecule has 0 fully saturated rings. The number of aliphatic hydroxyl groups is 1. The number of aliphatic hydroxyl groups excluding tert-OH is 1. The SMILES string of the molecule is CCCCOCC(O)COc1cc(C)ccc1C(=O)O. The molecule has 0 saturated heterocycles. The average molecular weight is 282 g/mol. The van der Waals surface area contributed by atoms with Crippen LogP contribution >= 0.6 is 0 Å². The molecule has 112 valence electrons. The molecule has 0 aliphatic carbocycles. The highest BCUT2D eigenvalue weighted by atomic mass is 16.5. The van der Waals surface area contributed by atoms with Crippen molar-refractivity contribution < 1.29 is 24.5 Å². The van der Waals surface area contributed by atoms with E-state index in [0.29, 0.717) is 6.61 Å². The first-order valence-electron chi connectivity index (χ1n) is 6.77. The molecule has 0 aliphatic heterocycles. The Morgan fingerprint density at radius 3 is 2.75 bits per heavy atom. The third kappa shape index (κ3) is 5.59. The molecule has 0 bridgehead atoms. The molecular weight excluding hydrogens is 260 g/mol. The summed E-state index contributed by atoms with van der Waals surface area (Å²) in [6.07, 6.45) is 1.22. The van der Waals surface area contributed by atoms with E-state index in [-0.39, 0.29) is 24.5 Å². The van der Waals surface area contributed by atoms with Crippen LogP contribution in [0.3, 0.4) is 0 Å². The largest absolute Gasteiger partial charge is 0.490 e. The molecule has 1 aromatic carbocycles. The molecule has 1 aromatic rings. The molecule has 0 aliphatic rings. The number of hydrogen-bond donors (Lipinski definition) is 2. The summed E-state index contributed by atoms with van der Waals surface area (Å²) in [7, 11) is 0. The number of ether oxygens (including phenoxy) is 2. The lowest BCUT2D eigenvalue weighted by Crippen LogP contribution is -2.24. The van der Waals surface area contributed by atoms with Gasteiger partial charge in [-0.3, -0.25) is 0 Å². The maximum Gasteiger partial charge on any atom is 0.339 e. The van der Waals surface area contributed by atoms with E-state index >= 15 is 0 Å². The molecule has 5 nitrogen and oxygen atoms in total. The number of hydrogen-bond acceptors (Lipinski definition) is 4. The van der Waals surface area contributed by atoms with Gasteiger partial charge in [-0.15, -0.1) is 0 Å². The summed E-state index contributed by atoms with van der Waals surface area (Å²) in [5.41, 5.74) is 0.994. The lowest BCUT2D eigenvalue weighted by molar-refractivity contribution is 0.0110. The van der Waals surface area contributed by atoms with Gasteiger partial charge in [0.25, 0.3) is 0 Å². The van der Waals surface area contributed by atoms with E-state index in [1.165, 1.54) is 6.07 Å². The molecule has 0 radical (unpaired) electrons. The van der Waals surface area contributed by atoms with E-state index in [4.69, 9.17) is 14.6 Å². The van der Waals surface area contributed by atoms with Crippen LogP contribution in [0.4, 0.5) is 0 Å². The molecule has 20 heavy (non-hydrogen) atoms. The van der Waals surface area contributed by atoms with E-state index in [1.807, 2.05) is 6.92 Å². The molecule has 0 aromatic heterocycles. The van der Waals surface area contributed by atoms with Crippen LogP contribution in [0.5, 0.6) is 5.75 Å². The Labute approximate surface area is 119 Å². The van der Waals surface area contributed by atoms with Crippen LogP contribution in [0.1, 0.15) is 35.7 Å². The number of benzene rings is 1. The molecule has 1 rings (SSSR count). The number of unbranched alkanes of at least 4 members (excludes halogenated alkanes) is 1. The Morgan fingerprint density at radius 1 is 1.35 bits per heavy atom. The molecule has 5 heteroatoms. The van der Waals surface area contributed by atoms with Crippen molar-refractivity contribution in [2.75, 3.05) is 19.8 Å². The summed E-state index contributed by atoms with van der Waals surface area (Å²) in [6, 6.07) is 4.85. The van der Waals surface area contributed by atoms with Gasteiger partial charge >= 0.3 is 5.97 Å². The summed E-state index contributed by atoms with van der Waals surface area (Å²) in [6.45, 7) is 4.72. The molecule has 0 saturated carbocycles. The minimum absolute atomic E-state index is 0.00978. The summed E-state index contributed by atoms with van der Waals surface area (Å²) in [5, 5.41) is 18.8. The number of carboxylic acid groups (broad SMARTS) is 1. The fourth-order valence-electron chi connectivity index (χ4n) is 1.63. The lowest BCUT2D eigenvalue weighted by Gasteiger charge is -2.14. The summed E-state index contributed by atoms with van der Waals surface area (Å²) >= 11 is 0. The normalized spacial score (nSPS) is 12.2. The number of carbonyl (C=O) groups is 1. The van der Waals surface area contributed by atoms with E-state index in [2.05, 4.69) is 6.92 Å². The highest BCUT2D eigenvalue weighted by molar-refractivity contribution is 5.90. The smallest absolute Gasteiger partial charge is 0.339 e. The molecule has 1 unspecified atom stereocenters. The highest BCUT2D eigenvalue weighted by Gasteiger charge is 2.13. The van der Waals surface area contributed by atoms with Gasteiger partial charge in [0.1, 0.15) is 24.0 Å². The van der Waals surface area contributed by atoms with Gasteiger partial charge in [0.05, 0.1) is 6.61 Å². The zero-order valence-corrected chi connectivity index (χ0v) is 12.0. The van der Waals surface area contributed by atoms with Crippen LogP contribution in [0, 0.1) is 6.92 Å². The fraction of sp³-hybridized carbons (Fsp3) is 0.533. The van der Waals surface area contributed by atoms with Gasteiger partial charge in [0.2, 0.25) is 0 Å². The number of carboxylic acids is 1. The van der Waals surface area contributed by atoms with E-state index in [0.717, 1.165) is 18.4 Å². The highest BCUT2D eigenvalue weighted by Crippen LogP contribution is 2.20. The fourth-order valence-corrected chi connectivity index (χ4v) is 1.63. The van der Waals surface area contributed by atoms with Crippen LogP contribution in [0.25, 0.3) is 0 Å². The van der Waals surface area contributed by atoms with Crippen LogP contribution < -0.4 is 4.74 Å². The molecule has 1 atom stereocenters. The summed E-state index contributed by atoms with van der Waals surface area (Å²) in [4.78, 5) is 11.1. The Morgan fingerprint density at radius 2 is 2.10 bits per heavy atom. The Bertz CT molecular complexity index is 430. The minimum Gasteiger partial charge on any atom is -0.490 e. The van der Waals surface area contributed by atoms with Crippen molar-refractivity contribution in [3.8, 4) is 5.75 Å². The monoisotopic (exact) mass is 282 g/mol. The van der Waals surface area contributed by atoms with Crippen LogP contribution in [-0.2, 0) is 4.74 Å². The zero-order chi connectivity index (χ0) is 15.0. The number of aryl methyl sites for hydroxylation is 1. The second-order valence-corrected chi connectivity index (χ2v) is 4.70. The van der Waals surface area contributed by atoms with Gasteiger partial charge in [-0.2, -0.15) is 0 Å². The topological polar surface area (TPSA) is 76.0 Å². The third-order valence-electron chi connectivity index (χ3n) is 2.75. The quantitative estimate of drug-likeness (QED) is 0.679. The van der Waals surface area contributed by atoms with Gasteiger partial charge in [-0.05, 0) is 31.0 Å². The number of rotatable bonds is 9. The summed E-state index contributed by atoms with van der Waals surface area (Å²) < 4.78 is 10.7. The van der Waals surface area contributed by atoms with Crippen LogP contribution in [-0.4, -0.2) is 42.1 Å². The molecule has 2 N–H and O–H groups in total. The van der Waals surface area contributed by atoms with Crippen molar-refractivity contribution in [2.45, 2.75) is 32.8 Å². The van der Waals surface area contributed by atoms with Gasteiger partial charge < -0.3 is 19.7 Å². The van der Waals surface area contributed by atoms with Crippen molar-refractivity contribution in [1.29, 1.82) is 0 Å². The predicted molar refractivity (Wildman–Crippen MR) is 75.4 cm³/mol. The second-order valence-electron chi connectivity index (χ2n) is 4.70. The maximum absolute atomic E-state index is 11.1. The standard InChI is InChI=1S/C15H22O5/c1-3-4-7-19-9-12(16)10-20-14-8-11(2)5-6-13(14)15(17)18/h5-6,8,12,16H,3-4,7,9-10H2,1-2H3,(H,17,18). The minimum atomic E-state index is -1.05. The maximum atomic E-state index is 11.1. The predicted octanol–water partition coefficient (Wildman–Crippen LogP) is 2.25. The van der Waals surface area contributed by atoms with E-state index < -0.39 is 12.1 Å². The van der Waals surface area contributed by atoms with Crippen molar-refractivity contribution in [2.24, 2.45) is 0 Å². The van der Waals surface area contributed by atoms with E-state index in [1.54, 1.807) is 12.1 Å². The van der Waals surface area contributed by atoms with Gasteiger partial charge in [-0.1, -0.05) is 19.4 Å². The first-order chi connectivity index (χ1) is 9.54. The summed E-state index contributed by atoms with van der Waals surface area (Å²) in [5.74, 6) is -0.779. The second kappa shape index (κ2) is 8.55. The van der Waals surface area contributed by atoms with Crippen molar-refractivity contribution >= 4 is 5.97 Å². The number of aromatic carboxylic acids is 1. The first kappa shape index (κ1) is 16.5. The molecule has 0 spiro atoms. The molecule has 0 amide bonds. The lowest BCUT2D eigenvalue weighted by atomic mass is 10.1. The average Bonchev–Trinajstić information content (AvgIpc) is 2.41. The van der Waals surface area contributed by atoms with Crippen molar-refractivity contribution in [3.63, 3.8) is 0 Å². The molecular formula is C15H22O5. The first-order valence-corrected chi connectivity index (χ1v) is 6.77. The van der Waals surface area contributed by atoms with Crippen molar-refractivity contribution in [3.05, 3.63) is 29.3 Å². The Hall–Kier alpha value is -1.59.